The van der Waals surface area contributed by atoms with E-state index in [2.05, 4.69) is 48.5 Å². The Morgan fingerprint density at radius 2 is 0.862 bits per heavy atom. The normalized spacial score (nSPS) is 11.4. The third-order valence-corrected chi connectivity index (χ3v) is 5.76. The molecular formula is C24H16NiS4-4. The molecule has 0 aromatic heterocycles. The van der Waals surface area contributed by atoms with Crippen LogP contribution in [0.3, 0.4) is 0 Å². The molecule has 4 rings (SSSR count). The van der Waals surface area contributed by atoms with Gasteiger partial charge < -0.3 is 50.5 Å². The second-order valence-electron chi connectivity index (χ2n) is 6.09. The van der Waals surface area contributed by atoms with Gasteiger partial charge in [-0.2, -0.15) is 9.81 Å². The van der Waals surface area contributed by atoms with E-state index in [9.17, 15) is 0 Å². The van der Waals surface area contributed by atoms with Crippen molar-refractivity contribution in [3.63, 3.8) is 0 Å². The molecule has 0 amide bonds. The minimum absolute atomic E-state index is 0. The molecule has 0 spiro atoms. The molecule has 150 valence electrons. The molecule has 0 aliphatic carbocycles. The summed E-state index contributed by atoms with van der Waals surface area (Å²) in [5.74, 6) is 0. The molecule has 0 unspecified atom stereocenters. The average molecular weight is 491 g/mol. The first-order valence-electron chi connectivity index (χ1n) is 8.59. The van der Waals surface area contributed by atoms with Crippen LogP contribution in [0, 0.1) is 0 Å². The SMILES string of the molecule is [Ni].[S-]/C=C(\[S-])c1ccc2ccccc2c1.[S-]/C=C(\[S-])c1ccc2ccccc2c1. The monoisotopic (exact) mass is 490 g/mol. The van der Waals surface area contributed by atoms with Crippen LogP contribution in [-0.2, 0) is 67.0 Å². The minimum Gasteiger partial charge on any atom is -0.789 e. The van der Waals surface area contributed by atoms with Crippen LogP contribution in [0.25, 0.3) is 31.4 Å². The van der Waals surface area contributed by atoms with Crippen LogP contribution >= 0.6 is 0 Å². The second-order valence-corrected chi connectivity index (χ2v) is 7.44. The molecule has 29 heavy (non-hydrogen) atoms. The van der Waals surface area contributed by atoms with Gasteiger partial charge in [0.05, 0.1) is 0 Å². The molecule has 0 aliphatic heterocycles. The molecule has 0 N–H and O–H groups in total. The molecule has 0 radical (unpaired) electrons. The van der Waals surface area contributed by atoms with Gasteiger partial charge in [0.15, 0.2) is 0 Å². The smallest absolute Gasteiger partial charge is 0 e. The summed E-state index contributed by atoms with van der Waals surface area (Å²) in [6.07, 6.45) is 0. The van der Waals surface area contributed by atoms with Gasteiger partial charge in [0, 0.05) is 16.5 Å². The topological polar surface area (TPSA) is 0 Å². The van der Waals surface area contributed by atoms with E-state index in [0.717, 1.165) is 20.9 Å². The Bertz CT molecular complexity index is 1070. The van der Waals surface area contributed by atoms with E-state index < -0.39 is 0 Å². The van der Waals surface area contributed by atoms with Crippen molar-refractivity contribution in [2.45, 2.75) is 0 Å². The maximum atomic E-state index is 5.12. The Balaban J connectivity index is 0.000000200. The first-order valence-corrected chi connectivity index (χ1v) is 10.3. The van der Waals surface area contributed by atoms with Crippen LogP contribution in [0.5, 0.6) is 0 Å². The van der Waals surface area contributed by atoms with Gasteiger partial charge in [-0.15, -0.1) is 0 Å². The van der Waals surface area contributed by atoms with E-state index in [-0.39, 0.29) is 16.5 Å². The average Bonchev–Trinajstić information content (AvgIpc) is 2.77. The van der Waals surface area contributed by atoms with Gasteiger partial charge in [-0.1, -0.05) is 72.8 Å². The first kappa shape index (κ1) is 23.5. The van der Waals surface area contributed by atoms with E-state index in [1.165, 1.54) is 21.5 Å². The van der Waals surface area contributed by atoms with Crippen LogP contribution in [0.1, 0.15) is 11.1 Å². The molecule has 0 fully saturated rings. The predicted octanol–water partition coefficient (Wildman–Crippen LogP) is 6.46. The van der Waals surface area contributed by atoms with Gasteiger partial charge in [0.25, 0.3) is 0 Å². The summed E-state index contributed by atoms with van der Waals surface area (Å²) in [5.41, 5.74) is 2.04. The summed E-state index contributed by atoms with van der Waals surface area (Å²) < 4.78 is 0. The zero-order valence-electron chi connectivity index (χ0n) is 15.2. The molecule has 0 saturated heterocycles. The van der Waals surface area contributed by atoms with Crippen LogP contribution in [0.4, 0.5) is 0 Å². The second kappa shape index (κ2) is 11.4. The standard InChI is InChI=1S/2C12H10S2.Ni/c2*13-8-12(14)11-6-5-9-3-1-2-4-10(9)7-11;/h2*1-8,13-14H;/p-4/b2*12-8-;. The third kappa shape index (κ3) is 6.12. The van der Waals surface area contributed by atoms with Crippen molar-refractivity contribution < 1.29 is 16.5 Å². The largest absolute Gasteiger partial charge is 0.789 e. The summed E-state index contributed by atoms with van der Waals surface area (Å²) >= 11 is 19.9. The van der Waals surface area contributed by atoms with Crippen molar-refractivity contribution in [2.24, 2.45) is 0 Å². The molecule has 0 saturated carbocycles. The summed E-state index contributed by atoms with van der Waals surface area (Å²) in [6, 6.07) is 28.7. The summed E-state index contributed by atoms with van der Waals surface area (Å²) in [4.78, 5) is 1.46. The van der Waals surface area contributed by atoms with Gasteiger partial charge in [0.1, 0.15) is 0 Å². The molecular weight excluding hydrogens is 475 g/mol. The molecule has 0 heterocycles. The van der Waals surface area contributed by atoms with Crippen molar-refractivity contribution in [2.75, 3.05) is 0 Å². The number of hydrogen-bond donors (Lipinski definition) is 0. The molecule has 0 atom stereocenters. The number of hydrogen-bond acceptors (Lipinski definition) is 4. The van der Waals surface area contributed by atoms with Gasteiger partial charge in [0.2, 0.25) is 0 Å². The Hall–Kier alpha value is -1.75. The zero-order valence-corrected chi connectivity index (χ0v) is 19.4. The van der Waals surface area contributed by atoms with Crippen LogP contribution in [0.2, 0.25) is 0 Å². The van der Waals surface area contributed by atoms with Gasteiger partial charge in [-0.05, 0) is 44.8 Å². The fourth-order valence-electron chi connectivity index (χ4n) is 2.82. The van der Waals surface area contributed by atoms with Crippen molar-refractivity contribution in [1.29, 1.82) is 0 Å². The van der Waals surface area contributed by atoms with Crippen LogP contribution in [0.15, 0.2) is 95.7 Å². The van der Waals surface area contributed by atoms with E-state index in [1.807, 2.05) is 36.4 Å². The Morgan fingerprint density at radius 1 is 0.517 bits per heavy atom. The van der Waals surface area contributed by atoms with E-state index >= 15 is 0 Å². The molecule has 0 aliphatic rings. The van der Waals surface area contributed by atoms with Crippen molar-refractivity contribution >= 4 is 81.9 Å². The number of rotatable bonds is 2. The molecule has 4 aromatic carbocycles. The third-order valence-electron chi connectivity index (χ3n) is 4.28. The molecule has 0 bridgehead atoms. The summed E-state index contributed by atoms with van der Waals surface area (Å²) in [6.45, 7) is 0. The van der Waals surface area contributed by atoms with Gasteiger partial charge in [-0.25, -0.2) is 10.8 Å². The van der Waals surface area contributed by atoms with E-state index in [4.69, 9.17) is 50.5 Å². The molecule has 0 nitrogen and oxygen atoms in total. The van der Waals surface area contributed by atoms with Crippen molar-refractivity contribution in [1.82, 2.24) is 0 Å². The summed E-state index contributed by atoms with van der Waals surface area (Å²) in [5, 5.41) is 7.93. The van der Waals surface area contributed by atoms with Crippen LogP contribution in [-0.4, -0.2) is 0 Å². The molecule has 4 aromatic rings. The fraction of sp³-hybridized carbons (Fsp3) is 0. The van der Waals surface area contributed by atoms with E-state index in [1.54, 1.807) is 10.8 Å². The number of fused-ring (bicyclic) bond motifs is 2. The predicted molar refractivity (Wildman–Crippen MR) is 133 cm³/mol. The van der Waals surface area contributed by atoms with E-state index in [0.29, 0.717) is 0 Å². The zero-order chi connectivity index (χ0) is 19.9. The Morgan fingerprint density at radius 3 is 1.21 bits per heavy atom. The van der Waals surface area contributed by atoms with Gasteiger partial charge in [-0.3, -0.25) is 0 Å². The fourth-order valence-corrected chi connectivity index (χ4v) is 3.35. The van der Waals surface area contributed by atoms with Crippen LogP contribution < -0.4 is 0 Å². The number of benzene rings is 4. The minimum atomic E-state index is 0. The molecule has 5 heteroatoms. The maximum Gasteiger partial charge on any atom is 0 e. The van der Waals surface area contributed by atoms with Crippen molar-refractivity contribution in [3.05, 3.63) is 107 Å². The quantitative estimate of drug-likeness (QED) is 0.233. The van der Waals surface area contributed by atoms with Crippen molar-refractivity contribution in [3.8, 4) is 0 Å². The Kier molecular flexibility index (Phi) is 9.28. The summed E-state index contributed by atoms with van der Waals surface area (Å²) in [7, 11) is 0. The first-order chi connectivity index (χ1) is 13.6. The van der Waals surface area contributed by atoms with Gasteiger partial charge >= 0.3 is 0 Å². The Labute approximate surface area is 204 Å². The maximum absolute atomic E-state index is 5.12.